The monoisotopic (exact) mass is 360 g/mol. The van der Waals surface area contributed by atoms with E-state index in [1.165, 1.54) is 51.4 Å². The third-order valence-electron chi connectivity index (χ3n) is 8.69. The Hall–Kier alpha value is 0. The van der Waals surface area contributed by atoms with Crippen molar-refractivity contribution in [2.24, 2.45) is 35.5 Å². The van der Waals surface area contributed by atoms with Crippen LogP contribution in [0, 0.1) is 35.5 Å². The Kier molecular flexibility index (Phi) is 8.86. The van der Waals surface area contributed by atoms with E-state index in [2.05, 4.69) is 13.8 Å². The fraction of sp³-hybridized carbons (Fsp3) is 1.00. The van der Waals surface area contributed by atoms with Gasteiger partial charge in [0.15, 0.2) is 0 Å². The van der Waals surface area contributed by atoms with Crippen molar-refractivity contribution in [3.05, 3.63) is 0 Å². The van der Waals surface area contributed by atoms with Gasteiger partial charge >= 0.3 is 0 Å². The van der Waals surface area contributed by atoms with Crippen molar-refractivity contribution >= 4 is 0 Å². The molecule has 26 heavy (non-hydrogen) atoms. The number of fused-ring (bicyclic) bond motifs is 3. The van der Waals surface area contributed by atoms with E-state index in [0.717, 1.165) is 35.5 Å². The van der Waals surface area contributed by atoms with Gasteiger partial charge in [-0.25, -0.2) is 0 Å². The minimum absolute atomic E-state index is 1.10. The Bertz CT molecular complexity index is 336. The maximum Gasteiger partial charge on any atom is -0.0355 e. The first kappa shape index (κ1) is 20.7. The number of hydrogen-bond donors (Lipinski definition) is 0. The molecule has 0 aliphatic heterocycles. The highest BCUT2D eigenvalue weighted by atomic mass is 14.5. The van der Waals surface area contributed by atoms with Crippen molar-refractivity contribution < 1.29 is 0 Å². The SMILES string of the molecule is CCCCCC[C@@H]1CCC2C(CCC3C[C@H](CCCCCC)CCC32)C1. The Morgan fingerprint density at radius 1 is 0.500 bits per heavy atom. The van der Waals surface area contributed by atoms with Crippen molar-refractivity contribution in [2.45, 2.75) is 129 Å². The second-order valence-corrected chi connectivity index (χ2v) is 10.5. The van der Waals surface area contributed by atoms with Crippen molar-refractivity contribution in [1.82, 2.24) is 0 Å². The molecule has 3 rings (SSSR count). The lowest BCUT2D eigenvalue weighted by Gasteiger charge is -2.51. The number of hydrogen-bond acceptors (Lipinski definition) is 0. The molecule has 0 aromatic carbocycles. The zero-order chi connectivity index (χ0) is 18.2. The highest BCUT2D eigenvalue weighted by molar-refractivity contribution is 4.94. The first-order valence-electron chi connectivity index (χ1n) is 12.8. The molecule has 3 fully saturated rings. The average Bonchev–Trinajstić information content (AvgIpc) is 2.68. The molecule has 152 valence electrons. The van der Waals surface area contributed by atoms with Gasteiger partial charge in [0, 0.05) is 0 Å². The van der Waals surface area contributed by atoms with Gasteiger partial charge in [0.25, 0.3) is 0 Å². The Morgan fingerprint density at radius 3 is 1.38 bits per heavy atom. The summed E-state index contributed by atoms with van der Waals surface area (Å²) in [5.74, 6) is 6.73. The van der Waals surface area contributed by atoms with Crippen molar-refractivity contribution in [2.75, 3.05) is 0 Å². The topological polar surface area (TPSA) is 0 Å². The van der Waals surface area contributed by atoms with Crippen LogP contribution in [0.5, 0.6) is 0 Å². The first-order chi connectivity index (χ1) is 12.8. The summed E-state index contributed by atoms with van der Waals surface area (Å²) in [4.78, 5) is 0. The Labute approximate surface area is 165 Å². The minimum Gasteiger partial charge on any atom is -0.0654 e. The van der Waals surface area contributed by atoms with Crippen molar-refractivity contribution in [1.29, 1.82) is 0 Å². The van der Waals surface area contributed by atoms with E-state index in [9.17, 15) is 0 Å². The smallest absolute Gasteiger partial charge is 0.0355 e. The normalized spacial score (nSPS) is 37.2. The summed E-state index contributed by atoms with van der Waals surface area (Å²) < 4.78 is 0. The quantitative estimate of drug-likeness (QED) is 0.341. The summed E-state index contributed by atoms with van der Waals surface area (Å²) in [6, 6.07) is 0. The molecule has 6 atom stereocenters. The second-order valence-electron chi connectivity index (χ2n) is 10.5. The van der Waals surface area contributed by atoms with E-state index in [-0.39, 0.29) is 0 Å². The fourth-order valence-electron chi connectivity index (χ4n) is 7.23. The van der Waals surface area contributed by atoms with Crippen LogP contribution in [-0.4, -0.2) is 0 Å². The van der Waals surface area contributed by atoms with Crippen LogP contribution < -0.4 is 0 Å². The third-order valence-corrected chi connectivity index (χ3v) is 8.69. The first-order valence-corrected chi connectivity index (χ1v) is 12.8. The lowest BCUT2D eigenvalue weighted by Crippen LogP contribution is -2.41. The van der Waals surface area contributed by atoms with Crippen LogP contribution in [0.4, 0.5) is 0 Å². The minimum atomic E-state index is 1.10. The highest BCUT2D eigenvalue weighted by Gasteiger charge is 2.44. The average molecular weight is 361 g/mol. The predicted molar refractivity (Wildman–Crippen MR) is 115 cm³/mol. The molecule has 3 aliphatic carbocycles. The van der Waals surface area contributed by atoms with E-state index in [4.69, 9.17) is 0 Å². The molecule has 0 aromatic rings. The van der Waals surface area contributed by atoms with Crippen LogP contribution in [0.2, 0.25) is 0 Å². The molecule has 0 aromatic heterocycles. The molecule has 0 N–H and O–H groups in total. The summed E-state index contributed by atoms with van der Waals surface area (Å²) in [6.07, 6.45) is 27.6. The lowest BCUT2D eigenvalue weighted by molar-refractivity contribution is -0.00460. The van der Waals surface area contributed by atoms with Crippen LogP contribution in [0.25, 0.3) is 0 Å². The molecule has 0 amide bonds. The highest BCUT2D eigenvalue weighted by Crippen LogP contribution is 2.54. The predicted octanol–water partition coefficient (Wildman–Crippen LogP) is 8.79. The van der Waals surface area contributed by atoms with E-state index in [1.54, 1.807) is 64.2 Å². The molecular formula is C26H48. The number of rotatable bonds is 10. The maximum absolute atomic E-state index is 2.34. The summed E-state index contributed by atoms with van der Waals surface area (Å²) in [5.41, 5.74) is 0. The maximum atomic E-state index is 2.34. The molecule has 3 saturated carbocycles. The van der Waals surface area contributed by atoms with Gasteiger partial charge in [0.05, 0.1) is 0 Å². The Balaban J connectivity index is 1.39. The molecular weight excluding hydrogens is 312 g/mol. The second kappa shape index (κ2) is 11.1. The van der Waals surface area contributed by atoms with Crippen LogP contribution in [0.3, 0.4) is 0 Å². The zero-order valence-electron chi connectivity index (χ0n) is 18.2. The molecule has 0 radical (unpaired) electrons. The van der Waals surface area contributed by atoms with E-state index < -0.39 is 0 Å². The number of unbranched alkanes of at least 4 members (excludes halogenated alkanes) is 6. The van der Waals surface area contributed by atoms with E-state index in [1.807, 2.05) is 0 Å². The van der Waals surface area contributed by atoms with Gasteiger partial charge in [-0.05, 0) is 74.0 Å². The molecule has 0 spiro atoms. The van der Waals surface area contributed by atoms with Gasteiger partial charge in [-0.3, -0.25) is 0 Å². The fourth-order valence-corrected chi connectivity index (χ4v) is 7.23. The van der Waals surface area contributed by atoms with Gasteiger partial charge < -0.3 is 0 Å². The van der Waals surface area contributed by atoms with E-state index >= 15 is 0 Å². The summed E-state index contributed by atoms with van der Waals surface area (Å²) in [5, 5.41) is 0. The van der Waals surface area contributed by atoms with Crippen LogP contribution in [-0.2, 0) is 0 Å². The molecule has 0 nitrogen and oxygen atoms in total. The van der Waals surface area contributed by atoms with Gasteiger partial charge in [-0.15, -0.1) is 0 Å². The largest absolute Gasteiger partial charge is 0.0654 e. The van der Waals surface area contributed by atoms with Gasteiger partial charge in [0.1, 0.15) is 0 Å². The molecule has 0 heterocycles. The molecule has 0 saturated heterocycles. The van der Waals surface area contributed by atoms with Gasteiger partial charge in [0.2, 0.25) is 0 Å². The van der Waals surface area contributed by atoms with Crippen LogP contribution >= 0.6 is 0 Å². The van der Waals surface area contributed by atoms with Crippen LogP contribution in [0.15, 0.2) is 0 Å². The van der Waals surface area contributed by atoms with E-state index in [0.29, 0.717) is 0 Å². The van der Waals surface area contributed by atoms with Gasteiger partial charge in [-0.2, -0.15) is 0 Å². The summed E-state index contributed by atoms with van der Waals surface area (Å²) >= 11 is 0. The van der Waals surface area contributed by atoms with Crippen molar-refractivity contribution in [3.8, 4) is 0 Å². The molecule has 0 heteroatoms. The lowest BCUT2D eigenvalue weighted by atomic mass is 9.55. The summed E-state index contributed by atoms with van der Waals surface area (Å²) in [6.45, 7) is 4.67. The Morgan fingerprint density at radius 2 is 0.962 bits per heavy atom. The standard InChI is InChI=1S/C26H48/c1-3-5-7-9-11-21-13-17-25-23(19-21)15-16-24-20-22(14-18-26(24)25)12-10-8-6-4-2/h21-26H,3-20H2,1-2H3/t21-,22-,23?,24?,25?,26?/m1/s1. The van der Waals surface area contributed by atoms with Crippen molar-refractivity contribution in [3.63, 3.8) is 0 Å². The van der Waals surface area contributed by atoms with Crippen LogP contribution in [0.1, 0.15) is 129 Å². The molecule has 4 unspecified atom stereocenters. The molecule has 0 bridgehead atoms. The van der Waals surface area contributed by atoms with Gasteiger partial charge in [-0.1, -0.05) is 90.9 Å². The third kappa shape index (κ3) is 5.75. The molecule has 3 aliphatic rings. The summed E-state index contributed by atoms with van der Waals surface area (Å²) in [7, 11) is 0. The zero-order valence-corrected chi connectivity index (χ0v) is 18.2.